The monoisotopic (exact) mass is 278 g/mol. The third-order valence-electron chi connectivity index (χ3n) is 2.44. The van der Waals surface area contributed by atoms with Crippen LogP contribution in [-0.2, 0) is 6.54 Å². The molecule has 0 bridgehead atoms. The fourth-order valence-electron chi connectivity index (χ4n) is 1.41. The fraction of sp³-hybridized carbons (Fsp3) is 0.417. The SMILES string of the molecule is CN(C)c1nc(NCc2ccsc2)nc(N(C)C)n1. The summed E-state index contributed by atoms with van der Waals surface area (Å²) in [5, 5.41) is 7.39. The second kappa shape index (κ2) is 5.83. The van der Waals surface area contributed by atoms with Crippen LogP contribution in [0.15, 0.2) is 16.8 Å². The van der Waals surface area contributed by atoms with Crippen molar-refractivity contribution in [1.82, 2.24) is 15.0 Å². The molecule has 2 aromatic heterocycles. The number of nitrogens with zero attached hydrogens (tertiary/aromatic N) is 5. The fourth-order valence-corrected chi connectivity index (χ4v) is 2.08. The van der Waals surface area contributed by atoms with Crippen LogP contribution in [0.2, 0.25) is 0 Å². The minimum atomic E-state index is 0.591. The number of thiophene rings is 1. The molecule has 0 amide bonds. The van der Waals surface area contributed by atoms with Crippen LogP contribution in [0, 0.1) is 0 Å². The molecule has 102 valence electrons. The van der Waals surface area contributed by atoms with E-state index in [-0.39, 0.29) is 0 Å². The van der Waals surface area contributed by atoms with Gasteiger partial charge < -0.3 is 15.1 Å². The first-order valence-corrected chi connectivity index (χ1v) is 6.86. The van der Waals surface area contributed by atoms with Gasteiger partial charge in [0.25, 0.3) is 0 Å². The molecule has 0 aliphatic carbocycles. The van der Waals surface area contributed by atoms with Gasteiger partial charge in [-0.15, -0.1) is 0 Å². The Hall–Kier alpha value is -1.89. The summed E-state index contributed by atoms with van der Waals surface area (Å²) in [5.41, 5.74) is 1.23. The molecule has 0 radical (unpaired) electrons. The van der Waals surface area contributed by atoms with Crippen LogP contribution < -0.4 is 15.1 Å². The topological polar surface area (TPSA) is 57.2 Å². The molecule has 19 heavy (non-hydrogen) atoms. The van der Waals surface area contributed by atoms with E-state index in [1.165, 1.54) is 5.56 Å². The summed E-state index contributed by atoms with van der Waals surface area (Å²) in [7, 11) is 7.66. The largest absolute Gasteiger partial charge is 0.350 e. The van der Waals surface area contributed by atoms with Gasteiger partial charge >= 0.3 is 0 Å². The van der Waals surface area contributed by atoms with Crippen LogP contribution in [0.25, 0.3) is 0 Å². The summed E-state index contributed by atoms with van der Waals surface area (Å²) < 4.78 is 0. The first-order valence-electron chi connectivity index (χ1n) is 5.92. The number of rotatable bonds is 5. The van der Waals surface area contributed by atoms with Gasteiger partial charge in [0.05, 0.1) is 0 Å². The Morgan fingerprint density at radius 2 is 1.68 bits per heavy atom. The van der Waals surface area contributed by atoms with Gasteiger partial charge in [-0.05, 0) is 22.4 Å². The molecular weight excluding hydrogens is 260 g/mol. The molecular formula is C12H18N6S. The standard InChI is InChI=1S/C12H18N6S/c1-17(2)11-14-10(15-12(16-11)18(3)4)13-7-9-5-6-19-8-9/h5-6,8H,7H2,1-4H3,(H,13,14,15,16). The lowest BCUT2D eigenvalue weighted by molar-refractivity contribution is 0.907. The van der Waals surface area contributed by atoms with E-state index in [0.29, 0.717) is 24.4 Å². The van der Waals surface area contributed by atoms with Crippen molar-refractivity contribution in [2.24, 2.45) is 0 Å². The van der Waals surface area contributed by atoms with Gasteiger partial charge in [0, 0.05) is 34.7 Å². The third-order valence-corrected chi connectivity index (χ3v) is 3.17. The van der Waals surface area contributed by atoms with Crippen LogP contribution >= 0.6 is 11.3 Å². The molecule has 0 saturated carbocycles. The molecule has 0 fully saturated rings. The highest BCUT2D eigenvalue weighted by Crippen LogP contribution is 2.14. The predicted molar refractivity (Wildman–Crippen MR) is 80.1 cm³/mol. The molecule has 0 aliphatic rings. The first kappa shape index (κ1) is 13.5. The zero-order valence-corrected chi connectivity index (χ0v) is 12.4. The van der Waals surface area contributed by atoms with E-state index in [0.717, 1.165) is 0 Å². The van der Waals surface area contributed by atoms with Gasteiger partial charge in [0.15, 0.2) is 0 Å². The van der Waals surface area contributed by atoms with Crippen LogP contribution in [0.1, 0.15) is 5.56 Å². The quantitative estimate of drug-likeness (QED) is 0.898. The average molecular weight is 278 g/mol. The van der Waals surface area contributed by atoms with Gasteiger partial charge in [0.2, 0.25) is 17.8 Å². The second-order valence-electron chi connectivity index (χ2n) is 4.53. The number of hydrogen-bond donors (Lipinski definition) is 1. The lowest BCUT2D eigenvalue weighted by Crippen LogP contribution is -2.20. The highest BCUT2D eigenvalue weighted by atomic mass is 32.1. The van der Waals surface area contributed by atoms with E-state index in [9.17, 15) is 0 Å². The molecule has 6 nitrogen and oxygen atoms in total. The summed E-state index contributed by atoms with van der Waals surface area (Å²) >= 11 is 1.68. The van der Waals surface area contributed by atoms with Crippen molar-refractivity contribution in [2.75, 3.05) is 43.3 Å². The first-order chi connectivity index (χ1) is 9.06. The van der Waals surface area contributed by atoms with E-state index in [1.807, 2.05) is 38.0 Å². The molecule has 0 aliphatic heterocycles. The maximum absolute atomic E-state index is 4.38. The number of nitrogens with one attached hydrogen (secondary N) is 1. The molecule has 2 aromatic rings. The number of hydrogen-bond acceptors (Lipinski definition) is 7. The Bertz CT molecular complexity index is 497. The summed E-state index contributed by atoms with van der Waals surface area (Å²) in [4.78, 5) is 16.9. The van der Waals surface area contributed by atoms with Crippen molar-refractivity contribution in [3.8, 4) is 0 Å². The number of anilines is 3. The van der Waals surface area contributed by atoms with Gasteiger partial charge in [-0.25, -0.2) is 0 Å². The van der Waals surface area contributed by atoms with Crippen molar-refractivity contribution in [2.45, 2.75) is 6.54 Å². The molecule has 0 saturated heterocycles. The van der Waals surface area contributed by atoms with Crippen molar-refractivity contribution < 1.29 is 0 Å². The Balaban J connectivity index is 2.18. The Kier molecular flexibility index (Phi) is 4.16. The zero-order chi connectivity index (χ0) is 13.8. The maximum atomic E-state index is 4.38. The van der Waals surface area contributed by atoms with Gasteiger partial charge in [0.1, 0.15) is 0 Å². The van der Waals surface area contributed by atoms with Gasteiger partial charge in [-0.2, -0.15) is 26.3 Å². The Morgan fingerprint density at radius 3 is 2.16 bits per heavy atom. The molecule has 0 aromatic carbocycles. The van der Waals surface area contributed by atoms with E-state index in [4.69, 9.17) is 0 Å². The predicted octanol–water partition coefficient (Wildman–Crippen LogP) is 1.68. The van der Waals surface area contributed by atoms with Gasteiger partial charge in [-0.1, -0.05) is 0 Å². The molecule has 2 heterocycles. The van der Waals surface area contributed by atoms with E-state index >= 15 is 0 Å². The van der Waals surface area contributed by atoms with E-state index in [2.05, 4.69) is 37.1 Å². The molecule has 0 spiro atoms. The zero-order valence-electron chi connectivity index (χ0n) is 11.6. The summed E-state index contributed by atoms with van der Waals surface area (Å²) in [5.74, 6) is 1.88. The van der Waals surface area contributed by atoms with Crippen molar-refractivity contribution in [1.29, 1.82) is 0 Å². The molecule has 0 atom stereocenters. The minimum Gasteiger partial charge on any atom is -0.350 e. The second-order valence-corrected chi connectivity index (χ2v) is 5.31. The minimum absolute atomic E-state index is 0.591. The molecule has 7 heteroatoms. The number of aromatic nitrogens is 3. The molecule has 1 N–H and O–H groups in total. The van der Waals surface area contributed by atoms with Crippen LogP contribution in [0.4, 0.5) is 17.8 Å². The Labute approximate surface area is 117 Å². The van der Waals surface area contributed by atoms with E-state index < -0.39 is 0 Å². The third kappa shape index (κ3) is 3.54. The van der Waals surface area contributed by atoms with Crippen LogP contribution in [-0.4, -0.2) is 43.1 Å². The van der Waals surface area contributed by atoms with Crippen LogP contribution in [0.3, 0.4) is 0 Å². The molecule has 0 unspecified atom stereocenters. The highest BCUT2D eigenvalue weighted by molar-refractivity contribution is 7.07. The smallest absolute Gasteiger partial charge is 0.231 e. The lowest BCUT2D eigenvalue weighted by Gasteiger charge is -2.16. The van der Waals surface area contributed by atoms with E-state index in [1.54, 1.807) is 11.3 Å². The maximum Gasteiger partial charge on any atom is 0.231 e. The Morgan fingerprint density at radius 1 is 1.05 bits per heavy atom. The summed E-state index contributed by atoms with van der Waals surface area (Å²) in [6.07, 6.45) is 0. The highest BCUT2D eigenvalue weighted by Gasteiger charge is 2.09. The average Bonchev–Trinajstić information content (AvgIpc) is 2.89. The van der Waals surface area contributed by atoms with Crippen molar-refractivity contribution >= 4 is 29.2 Å². The summed E-state index contributed by atoms with van der Waals surface area (Å²) in [6.45, 7) is 0.716. The summed E-state index contributed by atoms with van der Waals surface area (Å²) in [6, 6.07) is 2.08. The molecule has 2 rings (SSSR count). The van der Waals surface area contributed by atoms with Crippen molar-refractivity contribution in [3.63, 3.8) is 0 Å². The van der Waals surface area contributed by atoms with Crippen LogP contribution in [0.5, 0.6) is 0 Å². The lowest BCUT2D eigenvalue weighted by atomic mass is 10.3. The normalized spacial score (nSPS) is 10.3. The van der Waals surface area contributed by atoms with Gasteiger partial charge in [-0.3, -0.25) is 0 Å². The van der Waals surface area contributed by atoms with Crippen molar-refractivity contribution in [3.05, 3.63) is 22.4 Å².